The Bertz CT molecular complexity index is 514. The van der Waals surface area contributed by atoms with Gasteiger partial charge in [0.15, 0.2) is 5.82 Å². The van der Waals surface area contributed by atoms with Gasteiger partial charge in [0.25, 0.3) is 5.89 Å². The molecule has 2 aromatic rings. The maximum atomic E-state index is 6.05. The Morgan fingerprint density at radius 1 is 1.53 bits per heavy atom. The van der Waals surface area contributed by atoms with Gasteiger partial charge in [0.05, 0.1) is 12.1 Å². The molecular weight excluding hydrogens is 260 g/mol. The molecule has 2 N–H and O–H groups in total. The monoisotopic (exact) mass is 278 g/mol. The van der Waals surface area contributed by atoms with Gasteiger partial charge in [0.1, 0.15) is 0 Å². The standard InChI is InChI=1S/C13H18N4OS/c1-9-4-11(14)6-17(5-9)7-12-15-13(18-16-12)10-2-3-19-8-10/h2-3,8-9,11H,4-7,14H2,1H3. The Hall–Kier alpha value is -1.24. The van der Waals surface area contributed by atoms with Gasteiger partial charge in [-0.1, -0.05) is 12.1 Å². The third-order valence-corrected chi connectivity index (χ3v) is 4.05. The molecule has 3 rings (SSSR count). The van der Waals surface area contributed by atoms with Crippen molar-refractivity contribution >= 4 is 11.3 Å². The summed E-state index contributed by atoms with van der Waals surface area (Å²) in [5.41, 5.74) is 7.04. The zero-order valence-corrected chi connectivity index (χ0v) is 11.8. The van der Waals surface area contributed by atoms with E-state index in [0.717, 1.165) is 30.9 Å². The predicted molar refractivity (Wildman–Crippen MR) is 74.6 cm³/mol. The molecule has 19 heavy (non-hydrogen) atoms. The molecule has 3 heterocycles. The highest BCUT2D eigenvalue weighted by Crippen LogP contribution is 2.21. The molecule has 2 aromatic heterocycles. The lowest BCUT2D eigenvalue weighted by atomic mass is 9.97. The van der Waals surface area contributed by atoms with E-state index in [2.05, 4.69) is 22.0 Å². The first-order valence-corrected chi connectivity index (χ1v) is 7.48. The van der Waals surface area contributed by atoms with Gasteiger partial charge in [-0.05, 0) is 23.8 Å². The minimum atomic E-state index is 0.256. The van der Waals surface area contributed by atoms with Crippen molar-refractivity contribution in [1.82, 2.24) is 15.0 Å². The normalized spacial score (nSPS) is 24.7. The van der Waals surface area contributed by atoms with E-state index in [-0.39, 0.29) is 6.04 Å². The lowest BCUT2D eigenvalue weighted by Gasteiger charge is -2.33. The van der Waals surface area contributed by atoms with Gasteiger partial charge in [0, 0.05) is 24.5 Å². The Morgan fingerprint density at radius 3 is 3.16 bits per heavy atom. The van der Waals surface area contributed by atoms with E-state index in [1.54, 1.807) is 11.3 Å². The molecule has 0 radical (unpaired) electrons. The lowest BCUT2D eigenvalue weighted by Crippen LogP contribution is -2.45. The number of nitrogens with two attached hydrogens (primary N) is 1. The largest absolute Gasteiger partial charge is 0.334 e. The Balaban J connectivity index is 1.67. The van der Waals surface area contributed by atoms with Crippen LogP contribution in [0.5, 0.6) is 0 Å². The summed E-state index contributed by atoms with van der Waals surface area (Å²) in [7, 11) is 0. The van der Waals surface area contributed by atoms with Crippen molar-refractivity contribution in [3.05, 3.63) is 22.7 Å². The second-order valence-electron chi connectivity index (χ2n) is 5.32. The van der Waals surface area contributed by atoms with Crippen molar-refractivity contribution in [3.8, 4) is 11.5 Å². The van der Waals surface area contributed by atoms with Gasteiger partial charge in [-0.2, -0.15) is 16.3 Å². The molecule has 5 nitrogen and oxygen atoms in total. The number of likely N-dealkylation sites (tertiary alicyclic amines) is 1. The summed E-state index contributed by atoms with van der Waals surface area (Å²) in [5.74, 6) is 1.97. The summed E-state index contributed by atoms with van der Waals surface area (Å²) in [6, 6.07) is 2.24. The van der Waals surface area contributed by atoms with E-state index < -0.39 is 0 Å². The fourth-order valence-corrected chi connectivity index (χ4v) is 3.29. The molecule has 1 aliphatic heterocycles. The molecule has 0 bridgehead atoms. The van der Waals surface area contributed by atoms with Crippen molar-refractivity contribution in [2.24, 2.45) is 11.7 Å². The second-order valence-corrected chi connectivity index (χ2v) is 6.10. The number of thiophene rings is 1. The third kappa shape index (κ3) is 3.02. The van der Waals surface area contributed by atoms with Crippen LogP contribution in [0.3, 0.4) is 0 Å². The van der Waals surface area contributed by atoms with E-state index in [1.165, 1.54) is 0 Å². The molecule has 0 aliphatic carbocycles. The smallest absolute Gasteiger partial charge is 0.258 e. The van der Waals surface area contributed by atoms with Gasteiger partial charge in [0.2, 0.25) is 0 Å². The summed E-state index contributed by atoms with van der Waals surface area (Å²) in [5, 5.41) is 8.07. The van der Waals surface area contributed by atoms with Crippen LogP contribution in [0.15, 0.2) is 21.3 Å². The molecule has 0 aromatic carbocycles. The fraction of sp³-hybridized carbons (Fsp3) is 0.538. The summed E-state index contributed by atoms with van der Waals surface area (Å²) in [4.78, 5) is 6.75. The average molecular weight is 278 g/mol. The number of piperidine rings is 1. The molecule has 2 unspecified atom stereocenters. The number of nitrogens with zero attached hydrogens (tertiary/aromatic N) is 3. The fourth-order valence-electron chi connectivity index (χ4n) is 2.66. The summed E-state index contributed by atoms with van der Waals surface area (Å²) < 4.78 is 5.29. The molecule has 1 fully saturated rings. The number of hydrogen-bond acceptors (Lipinski definition) is 6. The third-order valence-electron chi connectivity index (χ3n) is 3.37. The molecule has 0 spiro atoms. The topological polar surface area (TPSA) is 68.2 Å². The number of aromatic nitrogens is 2. The molecule has 0 saturated carbocycles. The maximum absolute atomic E-state index is 6.05. The Morgan fingerprint density at radius 2 is 2.42 bits per heavy atom. The minimum absolute atomic E-state index is 0.256. The van der Waals surface area contributed by atoms with E-state index in [9.17, 15) is 0 Å². The first-order valence-electron chi connectivity index (χ1n) is 6.54. The quantitative estimate of drug-likeness (QED) is 0.929. The van der Waals surface area contributed by atoms with Crippen molar-refractivity contribution in [2.45, 2.75) is 25.9 Å². The highest BCUT2D eigenvalue weighted by Gasteiger charge is 2.23. The molecule has 6 heteroatoms. The van der Waals surface area contributed by atoms with Gasteiger partial charge >= 0.3 is 0 Å². The maximum Gasteiger partial charge on any atom is 0.258 e. The average Bonchev–Trinajstić information content (AvgIpc) is 2.96. The van der Waals surface area contributed by atoms with E-state index >= 15 is 0 Å². The van der Waals surface area contributed by atoms with Crippen LogP contribution in [0, 0.1) is 5.92 Å². The highest BCUT2D eigenvalue weighted by atomic mass is 32.1. The van der Waals surface area contributed by atoms with Crippen molar-refractivity contribution < 1.29 is 4.52 Å². The van der Waals surface area contributed by atoms with Crippen molar-refractivity contribution in [2.75, 3.05) is 13.1 Å². The number of hydrogen-bond donors (Lipinski definition) is 1. The van der Waals surface area contributed by atoms with Crippen LogP contribution in [0.25, 0.3) is 11.5 Å². The first-order chi connectivity index (χ1) is 9.20. The van der Waals surface area contributed by atoms with Gasteiger partial charge < -0.3 is 10.3 Å². The Kier molecular flexibility index (Phi) is 3.63. The van der Waals surface area contributed by atoms with Gasteiger partial charge in [-0.15, -0.1) is 0 Å². The van der Waals surface area contributed by atoms with Crippen LogP contribution >= 0.6 is 11.3 Å². The van der Waals surface area contributed by atoms with E-state index in [1.807, 2.05) is 16.8 Å². The van der Waals surface area contributed by atoms with Crippen LogP contribution in [0.2, 0.25) is 0 Å². The Labute approximate surface area is 116 Å². The summed E-state index contributed by atoms with van der Waals surface area (Å²) >= 11 is 1.63. The van der Waals surface area contributed by atoms with Gasteiger partial charge in [-0.25, -0.2) is 0 Å². The van der Waals surface area contributed by atoms with E-state index in [0.29, 0.717) is 18.4 Å². The van der Waals surface area contributed by atoms with Gasteiger partial charge in [-0.3, -0.25) is 4.90 Å². The van der Waals surface area contributed by atoms with Crippen LogP contribution in [-0.4, -0.2) is 34.2 Å². The molecule has 102 valence electrons. The number of rotatable bonds is 3. The SMILES string of the molecule is CC1CC(N)CN(Cc2noc(-c3ccsc3)n2)C1. The van der Waals surface area contributed by atoms with Crippen LogP contribution in [0.1, 0.15) is 19.2 Å². The lowest BCUT2D eigenvalue weighted by molar-refractivity contribution is 0.153. The molecular formula is C13H18N4OS. The van der Waals surface area contributed by atoms with Crippen molar-refractivity contribution in [1.29, 1.82) is 0 Å². The summed E-state index contributed by atoms with van der Waals surface area (Å²) in [6.07, 6.45) is 1.10. The van der Waals surface area contributed by atoms with Crippen LogP contribution in [0.4, 0.5) is 0 Å². The predicted octanol–water partition coefficient (Wildman–Crippen LogP) is 1.97. The minimum Gasteiger partial charge on any atom is -0.334 e. The molecule has 2 atom stereocenters. The molecule has 1 aliphatic rings. The zero-order chi connectivity index (χ0) is 13.2. The molecule has 0 amide bonds. The second kappa shape index (κ2) is 5.40. The zero-order valence-electron chi connectivity index (χ0n) is 11.0. The van der Waals surface area contributed by atoms with Crippen LogP contribution in [-0.2, 0) is 6.54 Å². The first kappa shape index (κ1) is 12.8. The van der Waals surface area contributed by atoms with Crippen LogP contribution < -0.4 is 5.73 Å². The molecule has 1 saturated heterocycles. The van der Waals surface area contributed by atoms with Crippen molar-refractivity contribution in [3.63, 3.8) is 0 Å². The van der Waals surface area contributed by atoms with E-state index in [4.69, 9.17) is 10.3 Å². The summed E-state index contributed by atoms with van der Waals surface area (Å²) in [6.45, 7) is 4.91. The highest BCUT2D eigenvalue weighted by molar-refractivity contribution is 7.08.